The molecule has 0 amide bonds. The standard InChI is InChI=1S/C14H13BrClNS/c1-9(2)10-3-5-12(6-4-10)18-14-13(15)7-11(16)8-17-14/h3-9H,1-2H3. The third-order valence-corrected chi connectivity index (χ3v) is 4.64. The van der Waals surface area contributed by atoms with Gasteiger partial charge in [0.1, 0.15) is 5.03 Å². The first-order valence-corrected chi connectivity index (χ1v) is 7.64. The minimum absolute atomic E-state index is 0.560. The molecular formula is C14H13BrClNS. The van der Waals surface area contributed by atoms with Crippen LogP contribution in [0.2, 0.25) is 5.02 Å². The normalized spacial score (nSPS) is 10.9. The fourth-order valence-electron chi connectivity index (χ4n) is 1.51. The summed E-state index contributed by atoms with van der Waals surface area (Å²) in [5, 5.41) is 1.57. The maximum absolute atomic E-state index is 5.87. The molecule has 0 saturated heterocycles. The summed E-state index contributed by atoms with van der Waals surface area (Å²) in [7, 11) is 0. The predicted molar refractivity (Wildman–Crippen MR) is 81.6 cm³/mol. The molecule has 0 bridgehead atoms. The average molecular weight is 343 g/mol. The van der Waals surface area contributed by atoms with Crippen molar-refractivity contribution in [2.75, 3.05) is 0 Å². The molecule has 0 saturated carbocycles. The Morgan fingerprint density at radius 1 is 1.22 bits per heavy atom. The van der Waals surface area contributed by atoms with Crippen LogP contribution in [0.4, 0.5) is 0 Å². The van der Waals surface area contributed by atoms with Crippen LogP contribution < -0.4 is 0 Å². The molecule has 0 atom stereocenters. The summed E-state index contributed by atoms with van der Waals surface area (Å²) in [6.07, 6.45) is 1.66. The van der Waals surface area contributed by atoms with Crippen LogP contribution in [-0.4, -0.2) is 4.98 Å². The number of hydrogen-bond acceptors (Lipinski definition) is 2. The topological polar surface area (TPSA) is 12.9 Å². The van der Waals surface area contributed by atoms with E-state index in [1.807, 2.05) is 6.07 Å². The molecule has 1 nitrogen and oxygen atoms in total. The number of aromatic nitrogens is 1. The smallest absolute Gasteiger partial charge is 0.115 e. The molecule has 4 heteroatoms. The summed E-state index contributed by atoms with van der Waals surface area (Å²) in [4.78, 5) is 5.49. The number of pyridine rings is 1. The van der Waals surface area contributed by atoms with Gasteiger partial charge >= 0.3 is 0 Å². The molecule has 18 heavy (non-hydrogen) atoms. The van der Waals surface area contributed by atoms with E-state index in [4.69, 9.17) is 11.6 Å². The second-order valence-corrected chi connectivity index (χ2v) is 6.62. The predicted octanol–water partition coefficient (Wildman–Crippen LogP) is 5.77. The summed E-state index contributed by atoms with van der Waals surface area (Å²) >= 11 is 11.0. The Bertz CT molecular complexity index is 540. The van der Waals surface area contributed by atoms with Crippen LogP contribution in [-0.2, 0) is 0 Å². The Labute approximate surface area is 125 Å². The number of rotatable bonds is 3. The van der Waals surface area contributed by atoms with Gasteiger partial charge < -0.3 is 0 Å². The molecule has 0 N–H and O–H groups in total. The third-order valence-electron chi connectivity index (χ3n) is 2.54. The maximum Gasteiger partial charge on any atom is 0.115 e. The third kappa shape index (κ3) is 3.50. The first-order chi connectivity index (χ1) is 8.56. The van der Waals surface area contributed by atoms with Gasteiger partial charge in [-0.15, -0.1) is 0 Å². The monoisotopic (exact) mass is 341 g/mol. The lowest BCUT2D eigenvalue weighted by Gasteiger charge is -2.07. The zero-order valence-corrected chi connectivity index (χ0v) is 13.3. The van der Waals surface area contributed by atoms with Crippen molar-refractivity contribution in [1.29, 1.82) is 0 Å². The van der Waals surface area contributed by atoms with Crippen LogP contribution in [0.1, 0.15) is 25.3 Å². The number of halogens is 2. The molecule has 1 aromatic heterocycles. The van der Waals surface area contributed by atoms with Crippen LogP contribution >= 0.6 is 39.3 Å². The highest BCUT2D eigenvalue weighted by Gasteiger charge is 2.05. The summed E-state index contributed by atoms with van der Waals surface area (Å²) < 4.78 is 0.924. The lowest BCUT2D eigenvalue weighted by atomic mass is 10.0. The van der Waals surface area contributed by atoms with Gasteiger partial charge in [0, 0.05) is 11.1 Å². The molecule has 1 aromatic carbocycles. The van der Waals surface area contributed by atoms with Crippen LogP contribution in [0.15, 0.2) is 50.9 Å². The highest BCUT2D eigenvalue weighted by Crippen LogP contribution is 2.33. The summed E-state index contributed by atoms with van der Waals surface area (Å²) in [5.74, 6) is 0.560. The van der Waals surface area contributed by atoms with E-state index >= 15 is 0 Å². The molecule has 0 aliphatic carbocycles. The van der Waals surface area contributed by atoms with Crippen molar-refractivity contribution in [2.24, 2.45) is 0 Å². The molecular weight excluding hydrogens is 330 g/mol. The Kier molecular flexibility index (Phi) is 4.71. The fraction of sp³-hybridized carbons (Fsp3) is 0.214. The van der Waals surface area contributed by atoms with Gasteiger partial charge in [0.2, 0.25) is 0 Å². The SMILES string of the molecule is CC(C)c1ccc(Sc2ncc(Cl)cc2Br)cc1. The van der Waals surface area contributed by atoms with Crippen molar-refractivity contribution in [2.45, 2.75) is 29.7 Å². The largest absolute Gasteiger partial charge is 0.247 e. The molecule has 2 rings (SSSR count). The van der Waals surface area contributed by atoms with Gasteiger partial charge in [0.25, 0.3) is 0 Å². The van der Waals surface area contributed by atoms with E-state index in [1.54, 1.807) is 18.0 Å². The van der Waals surface area contributed by atoms with Crippen molar-refractivity contribution in [3.8, 4) is 0 Å². The second-order valence-electron chi connectivity index (χ2n) is 4.27. The summed E-state index contributed by atoms with van der Waals surface area (Å²) in [6, 6.07) is 10.4. The quantitative estimate of drug-likeness (QED) is 0.702. The number of hydrogen-bond donors (Lipinski definition) is 0. The minimum atomic E-state index is 0.560. The fourth-order valence-corrected chi connectivity index (χ4v) is 3.15. The highest BCUT2D eigenvalue weighted by atomic mass is 79.9. The molecule has 94 valence electrons. The molecule has 0 spiro atoms. The van der Waals surface area contributed by atoms with E-state index in [0.29, 0.717) is 10.9 Å². The Morgan fingerprint density at radius 2 is 1.89 bits per heavy atom. The zero-order valence-electron chi connectivity index (χ0n) is 10.2. The van der Waals surface area contributed by atoms with E-state index < -0.39 is 0 Å². The molecule has 0 unspecified atom stereocenters. The Morgan fingerprint density at radius 3 is 2.44 bits per heavy atom. The molecule has 0 aliphatic heterocycles. The molecule has 0 aliphatic rings. The van der Waals surface area contributed by atoms with Gasteiger partial charge in [-0.3, -0.25) is 0 Å². The molecule has 1 heterocycles. The molecule has 0 radical (unpaired) electrons. The van der Waals surface area contributed by atoms with Gasteiger partial charge in [-0.2, -0.15) is 0 Å². The van der Waals surface area contributed by atoms with E-state index in [2.05, 4.69) is 59.0 Å². The number of benzene rings is 1. The van der Waals surface area contributed by atoms with Crippen LogP contribution in [0.5, 0.6) is 0 Å². The Hall–Kier alpha value is -0.510. The van der Waals surface area contributed by atoms with Gasteiger partial charge in [-0.1, -0.05) is 49.3 Å². The van der Waals surface area contributed by atoms with Crippen molar-refractivity contribution in [3.05, 3.63) is 51.6 Å². The summed E-state index contributed by atoms with van der Waals surface area (Å²) in [5.41, 5.74) is 1.35. The van der Waals surface area contributed by atoms with Crippen molar-refractivity contribution in [3.63, 3.8) is 0 Å². The lowest BCUT2D eigenvalue weighted by Crippen LogP contribution is -1.86. The van der Waals surface area contributed by atoms with Gasteiger partial charge in [0.05, 0.1) is 9.50 Å². The second kappa shape index (κ2) is 6.09. The van der Waals surface area contributed by atoms with Crippen LogP contribution in [0.25, 0.3) is 0 Å². The minimum Gasteiger partial charge on any atom is -0.247 e. The average Bonchev–Trinajstić information content (AvgIpc) is 2.33. The maximum atomic E-state index is 5.87. The van der Waals surface area contributed by atoms with E-state index in [-0.39, 0.29) is 0 Å². The van der Waals surface area contributed by atoms with Crippen molar-refractivity contribution < 1.29 is 0 Å². The van der Waals surface area contributed by atoms with Crippen LogP contribution in [0, 0.1) is 0 Å². The van der Waals surface area contributed by atoms with Crippen molar-refractivity contribution >= 4 is 39.3 Å². The van der Waals surface area contributed by atoms with Gasteiger partial charge in [0.15, 0.2) is 0 Å². The first-order valence-electron chi connectivity index (χ1n) is 5.65. The summed E-state index contributed by atoms with van der Waals surface area (Å²) in [6.45, 7) is 4.39. The highest BCUT2D eigenvalue weighted by molar-refractivity contribution is 9.10. The van der Waals surface area contributed by atoms with E-state index in [9.17, 15) is 0 Å². The van der Waals surface area contributed by atoms with E-state index in [1.165, 1.54) is 10.5 Å². The van der Waals surface area contributed by atoms with Gasteiger partial charge in [-0.05, 0) is 45.6 Å². The van der Waals surface area contributed by atoms with Gasteiger partial charge in [-0.25, -0.2) is 4.98 Å². The zero-order chi connectivity index (χ0) is 13.1. The molecule has 0 fully saturated rings. The van der Waals surface area contributed by atoms with Crippen molar-refractivity contribution in [1.82, 2.24) is 4.98 Å². The van der Waals surface area contributed by atoms with Crippen LogP contribution in [0.3, 0.4) is 0 Å². The Balaban J connectivity index is 2.18. The van der Waals surface area contributed by atoms with E-state index in [0.717, 1.165) is 9.50 Å². The molecule has 2 aromatic rings. The first kappa shape index (κ1) is 13.9. The lowest BCUT2D eigenvalue weighted by molar-refractivity contribution is 0.865. The number of nitrogens with zero attached hydrogens (tertiary/aromatic N) is 1.